The summed E-state index contributed by atoms with van der Waals surface area (Å²) < 4.78 is 5.47. The van der Waals surface area contributed by atoms with Crippen molar-refractivity contribution in [2.75, 3.05) is 26.2 Å². The van der Waals surface area contributed by atoms with Crippen LogP contribution in [0.5, 0.6) is 5.75 Å². The number of amides is 2. The Hall–Kier alpha value is -2.56. The lowest BCUT2D eigenvalue weighted by Gasteiger charge is -2.29. The normalized spacial score (nSPS) is 18.1. The monoisotopic (exact) mass is 340 g/mol. The van der Waals surface area contributed by atoms with Crippen molar-refractivity contribution in [3.05, 3.63) is 48.2 Å². The van der Waals surface area contributed by atoms with Crippen molar-refractivity contribution in [3.63, 3.8) is 0 Å². The molecule has 0 bridgehead atoms. The van der Waals surface area contributed by atoms with Crippen LogP contribution in [-0.2, 0) is 9.59 Å². The smallest absolute Gasteiger partial charge is 0.278 e. The number of hydrogen-bond acceptors (Lipinski definition) is 4. The Morgan fingerprint density at radius 1 is 1.08 bits per heavy atom. The third-order valence-electron chi connectivity index (χ3n) is 4.58. The van der Waals surface area contributed by atoms with Crippen molar-refractivity contribution in [1.29, 1.82) is 0 Å². The Morgan fingerprint density at radius 3 is 2.36 bits per heavy atom. The van der Waals surface area contributed by atoms with Gasteiger partial charge in [0.05, 0.1) is 12.2 Å². The summed E-state index contributed by atoms with van der Waals surface area (Å²) in [5, 5.41) is 0. The number of rotatable bonds is 6. The molecule has 0 spiro atoms. The van der Waals surface area contributed by atoms with Crippen LogP contribution in [0.25, 0.3) is 5.57 Å². The maximum absolute atomic E-state index is 12.9. The Balaban J connectivity index is 2.02. The Labute approximate surface area is 148 Å². The lowest BCUT2D eigenvalue weighted by atomic mass is 10.0. The number of nitrogens with zero attached hydrogens (tertiary/aromatic N) is 2. The average Bonchev–Trinajstić information content (AvgIpc) is 2.88. The molecule has 0 saturated carbocycles. The topological polar surface area (TPSA) is 49.9 Å². The van der Waals surface area contributed by atoms with E-state index >= 15 is 0 Å². The minimum Gasteiger partial charge on any atom is -0.494 e. The lowest BCUT2D eigenvalue weighted by Crippen LogP contribution is -2.37. The molecule has 0 radical (unpaired) electrons. The fourth-order valence-electron chi connectivity index (χ4n) is 3.41. The molecule has 1 aromatic carbocycles. The molecule has 0 unspecified atom stereocenters. The Bertz CT molecular complexity index is 700. The molecule has 5 heteroatoms. The molecule has 0 N–H and O–H groups in total. The molecule has 2 aliphatic rings. The van der Waals surface area contributed by atoms with Gasteiger partial charge in [0.15, 0.2) is 0 Å². The number of imide groups is 1. The van der Waals surface area contributed by atoms with Gasteiger partial charge in [-0.25, -0.2) is 0 Å². The van der Waals surface area contributed by atoms with E-state index in [0.29, 0.717) is 17.9 Å². The molecule has 132 valence electrons. The first kappa shape index (κ1) is 17.3. The van der Waals surface area contributed by atoms with E-state index in [-0.39, 0.29) is 18.4 Å². The van der Waals surface area contributed by atoms with Gasteiger partial charge in [-0.15, -0.1) is 6.58 Å². The SMILES string of the molecule is C=CCN1C(=O)C(c2ccc(OCC)cc2)=C(N2CCCCC2)C1=O. The third-order valence-corrected chi connectivity index (χ3v) is 4.58. The van der Waals surface area contributed by atoms with Crippen molar-refractivity contribution in [2.24, 2.45) is 0 Å². The summed E-state index contributed by atoms with van der Waals surface area (Å²) in [6, 6.07) is 7.39. The van der Waals surface area contributed by atoms with Crippen LogP contribution in [0.15, 0.2) is 42.6 Å². The second kappa shape index (κ2) is 7.55. The quantitative estimate of drug-likeness (QED) is 0.590. The van der Waals surface area contributed by atoms with Crippen LogP contribution >= 0.6 is 0 Å². The highest BCUT2D eigenvalue weighted by Crippen LogP contribution is 2.33. The van der Waals surface area contributed by atoms with Crippen LogP contribution in [0.3, 0.4) is 0 Å². The van der Waals surface area contributed by atoms with Crippen molar-refractivity contribution in [3.8, 4) is 5.75 Å². The van der Waals surface area contributed by atoms with Gasteiger partial charge in [-0.3, -0.25) is 14.5 Å². The van der Waals surface area contributed by atoms with Gasteiger partial charge < -0.3 is 9.64 Å². The van der Waals surface area contributed by atoms with Gasteiger partial charge in [-0.05, 0) is 43.9 Å². The van der Waals surface area contributed by atoms with E-state index in [1.807, 2.05) is 31.2 Å². The summed E-state index contributed by atoms with van der Waals surface area (Å²) in [7, 11) is 0. The van der Waals surface area contributed by atoms with E-state index in [2.05, 4.69) is 11.5 Å². The minimum absolute atomic E-state index is 0.212. The van der Waals surface area contributed by atoms with Crippen molar-refractivity contribution >= 4 is 17.4 Å². The Kier molecular flexibility index (Phi) is 5.22. The van der Waals surface area contributed by atoms with Gasteiger partial charge in [0.2, 0.25) is 0 Å². The number of carbonyl (C=O) groups is 2. The number of benzene rings is 1. The fourth-order valence-corrected chi connectivity index (χ4v) is 3.41. The van der Waals surface area contributed by atoms with Crippen LogP contribution in [0, 0.1) is 0 Å². The fraction of sp³-hybridized carbons (Fsp3) is 0.400. The molecule has 2 amide bonds. The second-order valence-electron chi connectivity index (χ2n) is 6.24. The van der Waals surface area contributed by atoms with Crippen LogP contribution in [-0.4, -0.2) is 47.9 Å². The maximum Gasteiger partial charge on any atom is 0.278 e. The van der Waals surface area contributed by atoms with Crippen LogP contribution in [0.1, 0.15) is 31.7 Å². The van der Waals surface area contributed by atoms with Crippen molar-refractivity contribution in [2.45, 2.75) is 26.2 Å². The number of hydrogen-bond donors (Lipinski definition) is 0. The molecule has 0 aliphatic carbocycles. The summed E-state index contributed by atoms with van der Waals surface area (Å²) in [6.07, 6.45) is 4.84. The largest absolute Gasteiger partial charge is 0.494 e. The van der Waals surface area contributed by atoms with Crippen LogP contribution in [0.4, 0.5) is 0 Å². The molecule has 0 aromatic heterocycles. The van der Waals surface area contributed by atoms with Gasteiger partial charge >= 0.3 is 0 Å². The predicted molar refractivity (Wildman–Crippen MR) is 96.9 cm³/mol. The standard InChI is InChI=1S/C20H24N2O3/c1-3-12-22-19(23)17(15-8-10-16(11-9-15)25-4-2)18(20(22)24)21-13-6-5-7-14-21/h3,8-11H,1,4-7,12-14H2,2H3. The lowest BCUT2D eigenvalue weighted by molar-refractivity contribution is -0.136. The van der Waals surface area contributed by atoms with E-state index in [0.717, 1.165) is 37.2 Å². The molecular formula is C20H24N2O3. The van der Waals surface area contributed by atoms with Gasteiger partial charge in [-0.1, -0.05) is 18.2 Å². The highest BCUT2D eigenvalue weighted by atomic mass is 16.5. The summed E-state index contributed by atoms with van der Waals surface area (Å²) in [4.78, 5) is 29.2. The first-order chi connectivity index (χ1) is 12.2. The van der Waals surface area contributed by atoms with E-state index in [1.165, 1.54) is 11.3 Å². The Morgan fingerprint density at radius 2 is 1.76 bits per heavy atom. The molecule has 5 nitrogen and oxygen atoms in total. The van der Waals surface area contributed by atoms with Crippen LogP contribution in [0.2, 0.25) is 0 Å². The van der Waals surface area contributed by atoms with Gasteiger partial charge in [0.25, 0.3) is 11.8 Å². The highest BCUT2D eigenvalue weighted by molar-refractivity contribution is 6.35. The van der Waals surface area contributed by atoms with Gasteiger partial charge in [0, 0.05) is 19.6 Å². The number of likely N-dealkylation sites (tertiary alicyclic amines) is 1. The van der Waals surface area contributed by atoms with Crippen molar-refractivity contribution < 1.29 is 14.3 Å². The summed E-state index contributed by atoms with van der Waals surface area (Å²) in [6.45, 7) is 8.05. The zero-order valence-electron chi connectivity index (χ0n) is 14.7. The molecule has 3 rings (SSSR count). The number of piperidine rings is 1. The first-order valence-electron chi connectivity index (χ1n) is 8.87. The van der Waals surface area contributed by atoms with Gasteiger partial charge in [0.1, 0.15) is 11.4 Å². The zero-order chi connectivity index (χ0) is 17.8. The molecule has 1 fully saturated rings. The average molecular weight is 340 g/mol. The highest BCUT2D eigenvalue weighted by Gasteiger charge is 2.41. The van der Waals surface area contributed by atoms with E-state index < -0.39 is 0 Å². The summed E-state index contributed by atoms with van der Waals surface area (Å²) >= 11 is 0. The number of ether oxygens (including phenoxy) is 1. The molecule has 2 aliphatic heterocycles. The van der Waals surface area contributed by atoms with E-state index in [4.69, 9.17) is 4.74 Å². The molecule has 2 heterocycles. The molecule has 0 atom stereocenters. The van der Waals surface area contributed by atoms with Gasteiger partial charge in [-0.2, -0.15) is 0 Å². The third kappa shape index (κ3) is 3.31. The van der Waals surface area contributed by atoms with Crippen LogP contribution < -0.4 is 4.74 Å². The van der Waals surface area contributed by atoms with Crippen molar-refractivity contribution in [1.82, 2.24) is 9.80 Å². The molecule has 25 heavy (non-hydrogen) atoms. The summed E-state index contributed by atoms with van der Waals surface area (Å²) in [5.41, 5.74) is 1.79. The molecular weight excluding hydrogens is 316 g/mol. The molecule has 1 aromatic rings. The predicted octanol–water partition coefficient (Wildman–Crippen LogP) is 2.84. The maximum atomic E-state index is 12.9. The minimum atomic E-state index is -0.241. The van der Waals surface area contributed by atoms with E-state index in [9.17, 15) is 9.59 Å². The summed E-state index contributed by atoms with van der Waals surface area (Å²) in [5.74, 6) is 0.302. The zero-order valence-corrected chi connectivity index (χ0v) is 14.7. The van der Waals surface area contributed by atoms with E-state index in [1.54, 1.807) is 6.08 Å². The second-order valence-corrected chi connectivity index (χ2v) is 6.24. The molecule has 1 saturated heterocycles. The number of carbonyl (C=O) groups excluding carboxylic acids is 2. The first-order valence-corrected chi connectivity index (χ1v) is 8.87.